The number of nitrogens with zero attached hydrogens (tertiary/aromatic N) is 1. The molecule has 1 aromatic carbocycles. The first-order valence-corrected chi connectivity index (χ1v) is 9.46. The van der Waals surface area contributed by atoms with Crippen LogP contribution in [0, 0.1) is 0 Å². The molecule has 1 aliphatic carbocycles. The summed E-state index contributed by atoms with van der Waals surface area (Å²) < 4.78 is 0. The number of halogens is 1. The summed E-state index contributed by atoms with van der Waals surface area (Å²) >= 11 is 6.07. The number of urea groups is 1. The van der Waals surface area contributed by atoms with Gasteiger partial charge >= 0.3 is 6.03 Å². The van der Waals surface area contributed by atoms with Gasteiger partial charge in [-0.3, -0.25) is 19.8 Å². The van der Waals surface area contributed by atoms with Crippen LogP contribution >= 0.6 is 11.6 Å². The molecule has 2 aliphatic rings. The number of anilines is 1. The van der Waals surface area contributed by atoms with Crippen molar-refractivity contribution in [3.05, 3.63) is 28.8 Å². The van der Waals surface area contributed by atoms with Gasteiger partial charge in [-0.1, -0.05) is 30.9 Å². The maximum atomic E-state index is 12.6. The molecule has 1 heterocycles. The first-order chi connectivity index (χ1) is 13.4. The second kappa shape index (κ2) is 8.05. The van der Waals surface area contributed by atoms with E-state index in [1.54, 1.807) is 6.07 Å². The quantitative estimate of drug-likeness (QED) is 0.550. The highest BCUT2D eigenvalue weighted by atomic mass is 35.5. The van der Waals surface area contributed by atoms with Crippen LogP contribution in [-0.2, 0) is 9.59 Å². The maximum absolute atomic E-state index is 12.6. The Morgan fingerprint density at radius 1 is 1.21 bits per heavy atom. The van der Waals surface area contributed by atoms with Crippen LogP contribution in [0.25, 0.3) is 0 Å². The van der Waals surface area contributed by atoms with E-state index in [-0.39, 0.29) is 17.5 Å². The van der Waals surface area contributed by atoms with Gasteiger partial charge in [-0.2, -0.15) is 5.01 Å². The SMILES string of the molecule is CNC(=O)c1ccc(NCC(=O)NN2C(=O)NC3(CCCCC3)C2=O)cc1Cl. The molecule has 1 spiro atoms. The number of hydrazine groups is 1. The minimum Gasteiger partial charge on any atom is -0.376 e. The van der Waals surface area contributed by atoms with Gasteiger partial charge in [0.15, 0.2) is 0 Å². The monoisotopic (exact) mass is 407 g/mol. The smallest absolute Gasteiger partial charge is 0.344 e. The molecule has 9 nitrogen and oxygen atoms in total. The summed E-state index contributed by atoms with van der Waals surface area (Å²) in [5, 5.41) is 9.05. The number of amides is 5. The molecule has 0 bridgehead atoms. The van der Waals surface area contributed by atoms with Crippen LogP contribution in [0.5, 0.6) is 0 Å². The molecule has 150 valence electrons. The van der Waals surface area contributed by atoms with Gasteiger partial charge in [0, 0.05) is 12.7 Å². The van der Waals surface area contributed by atoms with Crippen molar-refractivity contribution in [2.75, 3.05) is 18.9 Å². The van der Waals surface area contributed by atoms with E-state index in [2.05, 4.69) is 21.4 Å². The Kier molecular flexibility index (Phi) is 5.73. The highest BCUT2D eigenvalue weighted by Gasteiger charge is 2.52. The van der Waals surface area contributed by atoms with E-state index in [0.29, 0.717) is 24.1 Å². The minimum absolute atomic E-state index is 0.181. The lowest BCUT2D eigenvalue weighted by molar-refractivity contribution is -0.139. The fraction of sp³-hybridized carbons (Fsp3) is 0.444. The van der Waals surface area contributed by atoms with E-state index in [1.165, 1.54) is 19.2 Å². The summed E-state index contributed by atoms with van der Waals surface area (Å²) in [6.07, 6.45) is 3.92. The predicted octanol–water partition coefficient (Wildman–Crippen LogP) is 1.40. The third kappa shape index (κ3) is 3.89. The van der Waals surface area contributed by atoms with E-state index in [1.807, 2.05) is 0 Å². The van der Waals surface area contributed by atoms with Crippen LogP contribution in [0.1, 0.15) is 42.5 Å². The Morgan fingerprint density at radius 3 is 2.57 bits per heavy atom. The van der Waals surface area contributed by atoms with Crippen molar-refractivity contribution >= 4 is 41.0 Å². The van der Waals surface area contributed by atoms with Crippen molar-refractivity contribution < 1.29 is 19.2 Å². The second-order valence-corrected chi connectivity index (χ2v) is 7.28. The average molecular weight is 408 g/mol. The molecule has 4 N–H and O–H groups in total. The lowest BCUT2D eigenvalue weighted by Gasteiger charge is -2.30. The fourth-order valence-corrected chi connectivity index (χ4v) is 3.77. The van der Waals surface area contributed by atoms with Crippen LogP contribution in [0.15, 0.2) is 18.2 Å². The van der Waals surface area contributed by atoms with Gasteiger partial charge in [-0.25, -0.2) is 4.79 Å². The molecule has 3 rings (SSSR count). The number of nitrogens with one attached hydrogen (secondary N) is 4. The molecular weight excluding hydrogens is 386 g/mol. The summed E-state index contributed by atoms with van der Waals surface area (Å²) in [5.74, 6) is -1.28. The number of hydrogen-bond acceptors (Lipinski definition) is 5. The molecule has 1 aliphatic heterocycles. The van der Waals surface area contributed by atoms with E-state index >= 15 is 0 Å². The molecule has 0 radical (unpaired) electrons. The summed E-state index contributed by atoms with van der Waals surface area (Å²) in [6.45, 7) is -0.181. The van der Waals surface area contributed by atoms with Gasteiger partial charge < -0.3 is 16.0 Å². The summed E-state index contributed by atoms with van der Waals surface area (Å²) in [6, 6.07) is 4.04. The lowest BCUT2D eigenvalue weighted by atomic mass is 9.82. The Hall–Kier alpha value is -2.81. The second-order valence-electron chi connectivity index (χ2n) is 6.88. The number of imide groups is 1. The van der Waals surface area contributed by atoms with Crippen molar-refractivity contribution in [2.45, 2.75) is 37.6 Å². The molecule has 1 aromatic rings. The van der Waals surface area contributed by atoms with Gasteiger partial charge in [0.2, 0.25) is 0 Å². The lowest BCUT2D eigenvalue weighted by Crippen LogP contribution is -2.51. The molecule has 1 saturated heterocycles. The Morgan fingerprint density at radius 2 is 1.93 bits per heavy atom. The van der Waals surface area contributed by atoms with Crippen molar-refractivity contribution in [1.29, 1.82) is 0 Å². The Bertz CT molecular complexity index is 822. The molecule has 0 atom stereocenters. The van der Waals surface area contributed by atoms with E-state index in [9.17, 15) is 19.2 Å². The number of hydrogen-bond donors (Lipinski definition) is 4. The summed E-state index contributed by atoms with van der Waals surface area (Å²) in [4.78, 5) is 48.6. The topological polar surface area (TPSA) is 120 Å². The van der Waals surface area contributed by atoms with Crippen LogP contribution in [0.4, 0.5) is 10.5 Å². The molecule has 0 unspecified atom stereocenters. The predicted molar refractivity (Wildman–Crippen MR) is 103 cm³/mol. The zero-order valence-electron chi connectivity index (χ0n) is 15.4. The molecule has 5 amide bonds. The fourth-order valence-electron chi connectivity index (χ4n) is 3.51. The van der Waals surface area contributed by atoms with Crippen LogP contribution < -0.4 is 21.4 Å². The van der Waals surface area contributed by atoms with Crippen molar-refractivity contribution in [1.82, 2.24) is 21.1 Å². The van der Waals surface area contributed by atoms with E-state index in [4.69, 9.17) is 11.6 Å². The van der Waals surface area contributed by atoms with Gasteiger partial charge in [0.1, 0.15) is 5.54 Å². The molecular formula is C18H22ClN5O4. The number of rotatable bonds is 5. The molecule has 1 saturated carbocycles. The van der Waals surface area contributed by atoms with E-state index < -0.39 is 23.4 Å². The summed E-state index contributed by atoms with van der Waals surface area (Å²) in [7, 11) is 1.50. The minimum atomic E-state index is -0.890. The van der Waals surface area contributed by atoms with Crippen LogP contribution in [0.2, 0.25) is 5.02 Å². The number of carbonyl (C=O) groups is 4. The van der Waals surface area contributed by atoms with E-state index in [0.717, 1.165) is 24.3 Å². The van der Waals surface area contributed by atoms with Gasteiger partial charge in [-0.05, 0) is 31.0 Å². The van der Waals surface area contributed by atoms with Gasteiger partial charge in [0.25, 0.3) is 17.7 Å². The third-order valence-corrected chi connectivity index (χ3v) is 5.31. The Balaban J connectivity index is 1.57. The summed E-state index contributed by atoms with van der Waals surface area (Å²) in [5.41, 5.74) is 2.30. The normalized spacial score (nSPS) is 18.0. The van der Waals surface area contributed by atoms with Gasteiger partial charge in [-0.15, -0.1) is 0 Å². The third-order valence-electron chi connectivity index (χ3n) is 5.00. The molecule has 10 heteroatoms. The highest BCUT2D eigenvalue weighted by molar-refractivity contribution is 6.34. The first kappa shape index (κ1) is 19.9. The number of carbonyl (C=O) groups excluding carboxylic acids is 4. The largest absolute Gasteiger partial charge is 0.376 e. The number of benzene rings is 1. The first-order valence-electron chi connectivity index (χ1n) is 9.08. The maximum Gasteiger partial charge on any atom is 0.344 e. The molecule has 2 fully saturated rings. The van der Waals surface area contributed by atoms with Crippen LogP contribution in [-0.4, -0.2) is 47.9 Å². The zero-order valence-corrected chi connectivity index (χ0v) is 16.2. The van der Waals surface area contributed by atoms with Crippen molar-refractivity contribution in [3.8, 4) is 0 Å². The average Bonchev–Trinajstić information content (AvgIpc) is 2.90. The standard InChI is InChI=1S/C18H22ClN5O4/c1-20-15(26)12-6-5-11(9-13(12)19)21-10-14(25)23-24-16(27)18(22-17(24)28)7-3-2-4-8-18/h5-6,9,21H,2-4,7-8,10H2,1H3,(H,20,26)(H,22,28)(H,23,25). The highest BCUT2D eigenvalue weighted by Crippen LogP contribution is 2.33. The van der Waals surface area contributed by atoms with Crippen molar-refractivity contribution in [2.24, 2.45) is 0 Å². The van der Waals surface area contributed by atoms with Crippen LogP contribution in [0.3, 0.4) is 0 Å². The Labute approximate surface area is 167 Å². The zero-order chi connectivity index (χ0) is 20.3. The van der Waals surface area contributed by atoms with Gasteiger partial charge in [0.05, 0.1) is 17.1 Å². The molecule has 28 heavy (non-hydrogen) atoms. The van der Waals surface area contributed by atoms with Crippen molar-refractivity contribution in [3.63, 3.8) is 0 Å². The molecule has 0 aromatic heterocycles.